The molecule has 0 aromatic heterocycles. The van der Waals surface area contributed by atoms with E-state index in [0.29, 0.717) is 36.0 Å². The van der Waals surface area contributed by atoms with Crippen LogP contribution in [0.3, 0.4) is 0 Å². The van der Waals surface area contributed by atoms with Crippen LogP contribution in [0.15, 0.2) is 23.3 Å². The van der Waals surface area contributed by atoms with E-state index in [1.807, 2.05) is 0 Å². The van der Waals surface area contributed by atoms with Crippen molar-refractivity contribution in [1.29, 1.82) is 0 Å². The van der Waals surface area contributed by atoms with Crippen molar-refractivity contribution < 1.29 is 14.6 Å². The Morgan fingerprint density at radius 1 is 1.15 bits per heavy atom. The van der Waals surface area contributed by atoms with E-state index < -0.39 is 0 Å². The first-order valence-electron chi connectivity index (χ1n) is 11.1. The molecule has 1 aliphatic heterocycles. The first-order valence-corrected chi connectivity index (χ1v) is 11.1. The Bertz CT molecular complexity index is 795. The lowest BCUT2D eigenvalue weighted by atomic mass is 9.45. The summed E-state index contributed by atoms with van der Waals surface area (Å²) in [5, 5.41) is 11.5. The van der Waals surface area contributed by atoms with Gasteiger partial charge in [0.25, 0.3) is 0 Å². The summed E-state index contributed by atoms with van der Waals surface area (Å²) in [6.45, 7) is 7.01. The van der Waals surface area contributed by atoms with E-state index in [1.54, 1.807) is 0 Å². The summed E-state index contributed by atoms with van der Waals surface area (Å²) < 4.78 is 6.14. The fourth-order valence-electron chi connectivity index (χ4n) is 8.96. The molecule has 3 unspecified atom stereocenters. The molecule has 6 rings (SSSR count). The van der Waals surface area contributed by atoms with Crippen molar-refractivity contribution >= 4 is 5.97 Å². The molecular weight excluding hydrogens is 336 g/mol. The lowest BCUT2D eigenvalue weighted by molar-refractivity contribution is -0.192. The zero-order valence-electron chi connectivity index (χ0n) is 16.8. The van der Waals surface area contributed by atoms with Crippen LogP contribution in [-0.4, -0.2) is 22.8 Å². The summed E-state index contributed by atoms with van der Waals surface area (Å²) in [7, 11) is 0. The Morgan fingerprint density at radius 2 is 1.96 bits per heavy atom. The Labute approximate surface area is 162 Å². The second-order valence-corrected chi connectivity index (χ2v) is 11.1. The van der Waals surface area contributed by atoms with Gasteiger partial charge in [-0.3, -0.25) is 4.79 Å². The molecule has 0 aromatic rings. The fraction of sp³-hybridized carbons (Fsp3) is 0.792. The molecule has 3 nitrogen and oxygen atoms in total. The number of aliphatic hydroxyl groups excluding tert-OH is 1. The summed E-state index contributed by atoms with van der Waals surface area (Å²) in [6.07, 6.45) is 11.5. The number of rotatable bonds is 0. The fourth-order valence-corrected chi connectivity index (χ4v) is 8.96. The summed E-state index contributed by atoms with van der Waals surface area (Å²) in [4.78, 5) is 12.1. The highest BCUT2D eigenvalue weighted by molar-refractivity contribution is 5.73. The van der Waals surface area contributed by atoms with Gasteiger partial charge in [-0.1, -0.05) is 31.6 Å². The van der Waals surface area contributed by atoms with Crippen LogP contribution in [0.4, 0.5) is 0 Å². The van der Waals surface area contributed by atoms with Gasteiger partial charge in [-0.2, -0.15) is 0 Å². The maximum Gasteiger partial charge on any atom is 0.306 e. The molecular formula is C24H32O3. The Kier molecular flexibility index (Phi) is 3.05. The summed E-state index contributed by atoms with van der Waals surface area (Å²) in [6, 6.07) is 0. The normalized spacial score (nSPS) is 57.9. The van der Waals surface area contributed by atoms with E-state index in [-0.39, 0.29) is 28.5 Å². The standard InChI is InChI=1S/C24H32O3/c1-13-6-8-22(2)14(10-13)4-5-15-20-16-11-17(16)24(9-7-19(26)27-24)23(20,3)12-18(25)21(15)22/h4,10,15-18,20-21,25H,5-9,11-12H2,1-3H3/t15?,16-,17+,18-,20?,21?,22+,23+,24+/m1/s1. The summed E-state index contributed by atoms with van der Waals surface area (Å²) in [5.41, 5.74) is 2.74. The number of aliphatic hydroxyl groups is 1. The topological polar surface area (TPSA) is 46.5 Å². The van der Waals surface area contributed by atoms with Crippen LogP contribution in [-0.2, 0) is 9.53 Å². The smallest absolute Gasteiger partial charge is 0.306 e. The lowest BCUT2D eigenvalue weighted by Crippen LogP contribution is -2.60. The lowest BCUT2D eigenvalue weighted by Gasteiger charge is -2.61. The minimum absolute atomic E-state index is 0.00943. The molecule has 6 aliphatic rings. The summed E-state index contributed by atoms with van der Waals surface area (Å²) in [5.74, 6) is 2.74. The van der Waals surface area contributed by atoms with E-state index in [0.717, 1.165) is 32.1 Å². The summed E-state index contributed by atoms with van der Waals surface area (Å²) >= 11 is 0. The molecule has 1 spiro atoms. The van der Waals surface area contributed by atoms with Crippen molar-refractivity contribution in [3.63, 3.8) is 0 Å². The van der Waals surface area contributed by atoms with Crippen LogP contribution in [0.2, 0.25) is 0 Å². The maximum absolute atomic E-state index is 12.1. The zero-order chi connectivity index (χ0) is 18.8. The molecule has 0 amide bonds. The van der Waals surface area contributed by atoms with Gasteiger partial charge in [0, 0.05) is 17.8 Å². The number of carbonyl (C=O) groups excluding carboxylic acids is 1. The second kappa shape index (κ2) is 4.90. The number of ether oxygens (including phenoxy) is 1. The number of esters is 1. The predicted molar refractivity (Wildman–Crippen MR) is 103 cm³/mol. The van der Waals surface area contributed by atoms with Gasteiger partial charge in [0.2, 0.25) is 0 Å². The van der Waals surface area contributed by atoms with Gasteiger partial charge in [0.15, 0.2) is 0 Å². The van der Waals surface area contributed by atoms with E-state index in [9.17, 15) is 9.90 Å². The molecule has 146 valence electrons. The molecule has 3 heteroatoms. The van der Waals surface area contributed by atoms with Crippen molar-refractivity contribution in [3.8, 4) is 0 Å². The van der Waals surface area contributed by atoms with Crippen LogP contribution < -0.4 is 0 Å². The van der Waals surface area contributed by atoms with Gasteiger partial charge in [-0.25, -0.2) is 0 Å². The van der Waals surface area contributed by atoms with Gasteiger partial charge in [-0.15, -0.1) is 0 Å². The molecule has 1 N–H and O–H groups in total. The second-order valence-electron chi connectivity index (χ2n) is 11.1. The van der Waals surface area contributed by atoms with Crippen LogP contribution in [0.1, 0.15) is 65.7 Å². The minimum Gasteiger partial charge on any atom is -0.458 e. The number of carbonyl (C=O) groups is 1. The molecule has 1 saturated heterocycles. The first kappa shape index (κ1) is 16.8. The monoisotopic (exact) mass is 368 g/mol. The van der Waals surface area contributed by atoms with E-state index in [1.165, 1.54) is 17.6 Å². The number of hydrogen-bond donors (Lipinski definition) is 1. The van der Waals surface area contributed by atoms with Crippen LogP contribution in [0, 0.1) is 40.4 Å². The van der Waals surface area contributed by atoms with Crippen molar-refractivity contribution in [1.82, 2.24) is 0 Å². The highest BCUT2D eigenvalue weighted by atomic mass is 16.6. The van der Waals surface area contributed by atoms with E-state index in [4.69, 9.17) is 4.74 Å². The van der Waals surface area contributed by atoms with E-state index in [2.05, 4.69) is 32.9 Å². The predicted octanol–water partition coefficient (Wildman–Crippen LogP) is 4.41. The molecule has 1 heterocycles. The molecule has 3 saturated carbocycles. The van der Waals surface area contributed by atoms with Crippen molar-refractivity contribution in [3.05, 3.63) is 23.3 Å². The number of allylic oxidation sites excluding steroid dienone is 4. The molecule has 27 heavy (non-hydrogen) atoms. The Balaban J connectivity index is 1.45. The number of fused-ring (bicyclic) bond motifs is 9. The van der Waals surface area contributed by atoms with Gasteiger partial charge < -0.3 is 9.84 Å². The highest BCUT2D eigenvalue weighted by Crippen LogP contribution is 2.78. The van der Waals surface area contributed by atoms with Crippen LogP contribution in [0.25, 0.3) is 0 Å². The van der Waals surface area contributed by atoms with Gasteiger partial charge in [0.05, 0.1) is 6.10 Å². The van der Waals surface area contributed by atoms with Gasteiger partial charge in [0.1, 0.15) is 5.60 Å². The van der Waals surface area contributed by atoms with Crippen LogP contribution >= 0.6 is 0 Å². The average Bonchev–Trinajstić information content (AvgIpc) is 3.24. The van der Waals surface area contributed by atoms with Crippen molar-refractivity contribution in [2.45, 2.75) is 77.4 Å². The van der Waals surface area contributed by atoms with Gasteiger partial charge >= 0.3 is 5.97 Å². The maximum atomic E-state index is 12.1. The SMILES string of the molecule is CC1=CC2=CCC3C([C@H](O)C[C@@]4(C)C3[C@@H]3C[C@@H]3[C@@]43CCC(=O)O3)[C@@]2(C)CC1. The Hall–Kier alpha value is -1.09. The minimum atomic E-state index is -0.287. The molecule has 5 aliphatic carbocycles. The third-order valence-electron chi connectivity index (χ3n) is 10.0. The van der Waals surface area contributed by atoms with Crippen LogP contribution in [0.5, 0.6) is 0 Å². The van der Waals surface area contributed by atoms with E-state index >= 15 is 0 Å². The average molecular weight is 369 g/mol. The molecule has 0 aromatic carbocycles. The van der Waals surface area contributed by atoms with Gasteiger partial charge in [-0.05, 0) is 80.1 Å². The highest BCUT2D eigenvalue weighted by Gasteiger charge is 2.79. The largest absolute Gasteiger partial charge is 0.458 e. The third kappa shape index (κ3) is 1.81. The van der Waals surface area contributed by atoms with Crippen molar-refractivity contribution in [2.24, 2.45) is 40.4 Å². The van der Waals surface area contributed by atoms with Crippen molar-refractivity contribution in [2.75, 3.05) is 0 Å². The molecule has 0 bridgehead atoms. The number of hydrogen-bond acceptors (Lipinski definition) is 3. The Morgan fingerprint density at radius 3 is 2.70 bits per heavy atom. The third-order valence-corrected chi connectivity index (χ3v) is 10.0. The molecule has 4 fully saturated rings. The quantitative estimate of drug-likeness (QED) is 0.644. The first-order chi connectivity index (χ1) is 12.8. The zero-order valence-corrected chi connectivity index (χ0v) is 16.8. The molecule has 9 atom stereocenters. The molecule has 0 radical (unpaired) electrons.